The van der Waals surface area contributed by atoms with Crippen LogP contribution in [0, 0.1) is 0 Å². The lowest BCUT2D eigenvalue weighted by Crippen LogP contribution is -2.27. The third kappa shape index (κ3) is 2.79. The molecule has 72 valence electrons. The third-order valence-corrected chi connectivity index (χ3v) is 1.84. The summed E-state index contributed by atoms with van der Waals surface area (Å²) in [7, 11) is 0. The summed E-state index contributed by atoms with van der Waals surface area (Å²) in [6.45, 7) is 4.57. The second-order valence-electron chi connectivity index (χ2n) is 3.02. The van der Waals surface area contributed by atoms with Crippen LogP contribution in [0.4, 0.5) is 0 Å². The first kappa shape index (κ1) is 10.2. The Bertz CT molecular complexity index is 236. The number of pyridine rings is 1. The first-order valence-corrected chi connectivity index (χ1v) is 4.52. The second-order valence-corrected chi connectivity index (χ2v) is 3.02. The molecule has 0 aromatic carbocycles. The molecule has 0 saturated heterocycles. The van der Waals surface area contributed by atoms with Gasteiger partial charge in [-0.1, -0.05) is 6.07 Å². The quantitative estimate of drug-likeness (QED) is 0.764. The van der Waals surface area contributed by atoms with Crippen molar-refractivity contribution in [1.29, 1.82) is 0 Å². The molecule has 0 saturated carbocycles. The summed E-state index contributed by atoms with van der Waals surface area (Å²) in [5, 5.41) is 0. The van der Waals surface area contributed by atoms with Crippen LogP contribution in [0.3, 0.4) is 0 Å². The van der Waals surface area contributed by atoms with E-state index in [0.29, 0.717) is 6.61 Å². The monoisotopic (exact) mass is 180 g/mol. The van der Waals surface area contributed by atoms with Gasteiger partial charge < -0.3 is 10.5 Å². The summed E-state index contributed by atoms with van der Waals surface area (Å²) in [4.78, 5) is 4.03. The lowest BCUT2D eigenvalue weighted by atomic mass is 10.1. The van der Waals surface area contributed by atoms with Gasteiger partial charge in [0.2, 0.25) is 0 Å². The van der Waals surface area contributed by atoms with Gasteiger partial charge in [0, 0.05) is 30.6 Å². The molecule has 1 aromatic heterocycles. The van der Waals surface area contributed by atoms with E-state index in [1.54, 1.807) is 12.4 Å². The zero-order valence-corrected chi connectivity index (χ0v) is 8.10. The van der Waals surface area contributed by atoms with Crippen LogP contribution in [0.15, 0.2) is 24.5 Å². The molecule has 1 heterocycles. The van der Waals surface area contributed by atoms with Crippen LogP contribution >= 0.6 is 0 Å². The number of ether oxygens (including phenoxy) is 1. The number of hydrogen-bond donors (Lipinski definition) is 1. The van der Waals surface area contributed by atoms with Crippen molar-refractivity contribution in [3.8, 4) is 0 Å². The Labute approximate surface area is 78.9 Å². The summed E-state index contributed by atoms with van der Waals surface area (Å²) in [6.07, 6.45) is 3.50. The molecular weight excluding hydrogens is 164 g/mol. The predicted molar refractivity (Wildman–Crippen MR) is 52.3 cm³/mol. The van der Waals surface area contributed by atoms with Crippen LogP contribution < -0.4 is 5.73 Å². The molecule has 0 aliphatic heterocycles. The highest BCUT2D eigenvalue weighted by Crippen LogP contribution is 2.18. The van der Waals surface area contributed by atoms with Crippen molar-refractivity contribution in [3.05, 3.63) is 30.1 Å². The molecule has 1 aromatic rings. The maximum atomic E-state index is 5.80. The first-order chi connectivity index (χ1) is 6.25. The number of hydrogen-bond acceptors (Lipinski definition) is 3. The van der Waals surface area contributed by atoms with E-state index in [4.69, 9.17) is 10.5 Å². The maximum Gasteiger partial charge on any atom is 0.0987 e. The van der Waals surface area contributed by atoms with Crippen LogP contribution in [0.2, 0.25) is 0 Å². The number of nitrogens with zero attached hydrogens (tertiary/aromatic N) is 1. The molecular formula is C10H16N2O. The van der Waals surface area contributed by atoms with Gasteiger partial charge in [-0.15, -0.1) is 0 Å². The van der Waals surface area contributed by atoms with Gasteiger partial charge in [0.25, 0.3) is 0 Å². The van der Waals surface area contributed by atoms with Crippen molar-refractivity contribution in [2.45, 2.75) is 26.0 Å². The number of aromatic nitrogens is 1. The van der Waals surface area contributed by atoms with Crippen LogP contribution in [0.5, 0.6) is 0 Å². The fraction of sp³-hybridized carbons (Fsp3) is 0.500. The predicted octanol–water partition coefficient (Wildman–Crippen LogP) is 1.51. The van der Waals surface area contributed by atoms with Crippen molar-refractivity contribution < 1.29 is 4.74 Å². The topological polar surface area (TPSA) is 48.1 Å². The summed E-state index contributed by atoms with van der Waals surface area (Å²) < 4.78 is 5.52. The molecule has 2 unspecified atom stereocenters. The Morgan fingerprint density at radius 2 is 2.38 bits per heavy atom. The zero-order chi connectivity index (χ0) is 9.68. The molecule has 13 heavy (non-hydrogen) atoms. The molecule has 1 rings (SSSR count). The van der Waals surface area contributed by atoms with E-state index in [1.165, 1.54) is 0 Å². The minimum absolute atomic E-state index is 0.0100. The molecule has 2 N–H and O–H groups in total. The van der Waals surface area contributed by atoms with Gasteiger partial charge >= 0.3 is 0 Å². The molecule has 2 atom stereocenters. The van der Waals surface area contributed by atoms with Gasteiger partial charge in [-0.3, -0.25) is 4.98 Å². The summed E-state index contributed by atoms with van der Waals surface area (Å²) >= 11 is 0. The van der Waals surface area contributed by atoms with E-state index in [2.05, 4.69) is 4.98 Å². The molecule has 0 fully saturated rings. The SMILES string of the molecule is CCOC(c1cccnc1)C(C)N. The number of rotatable bonds is 4. The van der Waals surface area contributed by atoms with Crippen molar-refractivity contribution in [2.24, 2.45) is 5.73 Å². The third-order valence-electron chi connectivity index (χ3n) is 1.84. The van der Waals surface area contributed by atoms with Gasteiger partial charge in [-0.25, -0.2) is 0 Å². The lowest BCUT2D eigenvalue weighted by Gasteiger charge is -2.20. The fourth-order valence-electron chi connectivity index (χ4n) is 1.28. The Balaban J connectivity index is 2.76. The molecule has 0 amide bonds. The smallest absolute Gasteiger partial charge is 0.0987 e. The van der Waals surface area contributed by atoms with Crippen LogP contribution in [0.25, 0.3) is 0 Å². The van der Waals surface area contributed by atoms with E-state index in [9.17, 15) is 0 Å². The molecule has 3 heteroatoms. The molecule has 0 aliphatic carbocycles. The van der Waals surface area contributed by atoms with E-state index < -0.39 is 0 Å². The molecule has 0 spiro atoms. The van der Waals surface area contributed by atoms with Gasteiger partial charge in [-0.2, -0.15) is 0 Å². The highest BCUT2D eigenvalue weighted by Gasteiger charge is 2.15. The standard InChI is InChI=1S/C10H16N2O/c1-3-13-10(8(2)11)9-5-4-6-12-7-9/h4-8,10H,3,11H2,1-2H3. The molecule has 0 radical (unpaired) electrons. The van der Waals surface area contributed by atoms with E-state index >= 15 is 0 Å². The largest absolute Gasteiger partial charge is 0.372 e. The molecule has 0 bridgehead atoms. The van der Waals surface area contributed by atoms with Crippen molar-refractivity contribution in [2.75, 3.05) is 6.61 Å². The minimum Gasteiger partial charge on any atom is -0.372 e. The highest BCUT2D eigenvalue weighted by atomic mass is 16.5. The Kier molecular flexibility index (Phi) is 3.86. The van der Waals surface area contributed by atoms with Crippen molar-refractivity contribution in [3.63, 3.8) is 0 Å². The lowest BCUT2D eigenvalue weighted by molar-refractivity contribution is 0.0473. The Hall–Kier alpha value is -0.930. The van der Waals surface area contributed by atoms with Crippen LogP contribution in [0.1, 0.15) is 25.5 Å². The van der Waals surface area contributed by atoms with Gasteiger partial charge in [0.15, 0.2) is 0 Å². The summed E-state index contributed by atoms with van der Waals surface area (Å²) in [5.41, 5.74) is 6.84. The summed E-state index contributed by atoms with van der Waals surface area (Å²) in [5.74, 6) is 0. The minimum atomic E-state index is -0.0429. The normalized spacial score (nSPS) is 15.3. The van der Waals surface area contributed by atoms with Crippen LogP contribution in [-0.2, 0) is 4.74 Å². The van der Waals surface area contributed by atoms with Gasteiger partial charge in [-0.05, 0) is 19.9 Å². The Morgan fingerprint density at radius 3 is 2.85 bits per heavy atom. The number of nitrogens with two attached hydrogens (primary N) is 1. The summed E-state index contributed by atoms with van der Waals surface area (Å²) in [6, 6.07) is 3.87. The second kappa shape index (κ2) is 4.94. The fourth-order valence-corrected chi connectivity index (χ4v) is 1.28. The average molecular weight is 180 g/mol. The van der Waals surface area contributed by atoms with Crippen molar-refractivity contribution in [1.82, 2.24) is 4.98 Å². The first-order valence-electron chi connectivity index (χ1n) is 4.52. The zero-order valence-electron chi connectivity index (χ0n) is 8.10. The van der Waals surface area contributed by atoms with E-state index in [0.717, 1.165) is 5.56 Å². The Morgan fingerprint density at radius 1 is 1.62 bits per heavy atom. The van der Waals surface area contributed by atoms with Gasteiger partial charge in [0.05, 0.1) is 6.10 Å². The molecule has 3 nitrogen and oxygen atoms in total. The van der Waals surface area contributed by atoms with Crippen molar-refractivity contribution >= 4 is 0 Å². The molecule has 0 aliphatic rings. The van der Waals surface area contributed by atoms with Gasteiger partial charge in [0.1, 0.15) is 0 Å². The highest BCUT2D eigenvalue weighted by molar-refractivity contribution is 5.13. The van der Waals surface area contributed by atoms with E-state index in [1.807, 2.05) is 26.0 Å². The maximum absolute atomic E-state index is 5.80. The van der Waals surface area contributed by atoms with E-state index in [-0.39, 0.29) is 12.1 Å². The van der Waals surface area contributed by atoms with Crippen LogP contribution in [-0.4, -0.2) is 17.6 Å². The average Bonchev–Trinajstić information content (AvgIpc) is 2.15.